The number of nitriles is 1. The first-order valence-electron chi connectivity index (χ1n) is 11.0. The number of amides is 1. The molecule has 166 valence electrons. The van der Waals surface area contributed by atoms with Gasteiger partial charge in [-0.15, -0.1) is 0 Å². The molecule has 2 fully saturated rings. The molecule has 3 aliphatic heterocycles. The summed E-state index contributed by atoms with van der Waals surface area (Å²) < 4.78 is 11.7. The highest BCUT2D eigenvalue weighted by Gasteiger charge is 2.32. The van der Waals surface area contributed by atoms with E-state index < -0.39 is 0 Å². The molecule has 2 saturated heterocycles. The van der Waals surface area contributed by atoms with Gasteiger partial charge >= 0.3 is 6.01 Å². The molecule has 4 rings (SSSR count). The van der Waals surface area contributed by atoms with Gasteiger partial charge in [0.2, 0.25) is 5.91 Å². The van der Waals surface area contributed by atoms with Crippen LogP contribution < -0.4 is 9.64 Å². The van der Waals surface area contributed by atoms with Crippen molar-refractivity contribution in [3.63, 3.8) is 0 Å². The van der Waals surface area contributed by atoms with Crippen LogP contribution in [0.15, 0.2) is 12.7 Å². The number of ether oxygens (including phenoxy) is 2. The van der Waals surface area contributed by atoms with Crippen LogP contribution >= 0.6 is 0 Å². The highest BCUT2D eigenvalue weighted by Crippen LogP contribution is 2.30. The number of piperazine rings is 1. The maximum atomic E-state index is 12.2. The van der Waals surface area contributed by atoms with Crippen molar-refractivity contribution < 1.29 is 14.3 Å². The van der Waals surface area contributed by atoms with Gasteiger partial charge < -0.3 is 24.2 Å². The molecule has 1 aromatic rings. The quantitative estimate of drug-likeness (QED) is 0.625. The Hall–Kier alpha value is -2.70. The normalized spacial score (nSPS) is 23.9. The number of nitrogens with zero attached hydrogens (tertiary/aromatic N) is 6. The Morgan fingerprint density at radius 1 is 1.35 bits per heavy atom. The van der Waals surface area contributed by atoms with Gasteiger partial charge in [0.1, 0.15) is 12.4 Å². The molecule has 0 unspecified atom stereocenters. The van der Waals surface area contributed by atoms with Crippen LogP contribution in [0, 0.1) is 11.3 Å². The molecule has 0 aliphatic carbocycles. The lowest BCUT2D eigenvalue weighted by atomic mass is 10.1. The van der Waals surface area contributed by atoms with E-state index in [-0.39, 0.29) is 18.4 Å². The second-order valence-electron chi connectivity index (χ2n) is 8.34. The SMILES string of the molecule is C=CC(=O)N1CCN(c2nc(OC[C@@H]3CCCN3C)nc3c2COCC3)C[C@@H]1CC#N. The second-order valence-corrected chi connectivity index (χ2v) is 8.34. The van der Waals surface area contributed by atoms with Gasteiger partial charge in [-0.3, -0.25) is 4.79 Å². The van der Waals surface area contributed by atoms with Crippen molar-refractivity contribution >= 4 is 11.7 Å². The smallest absolute Gasteiger partial charge is 0.318 e. The van der Waals surface area contributed by atoms with Crippen molar-refractivity contribution in [2.24, 2.45) is 0 Å². The third-order valence-corrected chi connectivity index (χ3v) is 6.42. The molecule has 1 amide bonds. The molecule has 1 aromatic heterocycles. The number of anilines is 1. The van der Waals surface area contributed by atoms with Gasteiger partial charge in [0.05, 0.1) is 37.4 Å². The highest BCUT2D eigenvalue weighted by atomic mass is 16.5. The van der Waals surface area contributed by atoms with Crippen LogP contribution in [0.4, 0.5) is 5.82 Å². The number of carbonyl (C=O) groups excluding carboxylic acids is 1. The Morgan fingerprint density at radius 2 is 2.23 bits per heavy atom. The summed E-state index contributed by atoms with van der Waals surface area (Å²) in [6.45, 7) is 8.02. The molecule has 4 heterocycles. The first kappa shape index (κ1) is 21.5. The zero-order chi connectivity index (χ0) is 21.8. The van der Waals surface area contributed by atoms with E-state index in [0.717, 1.165) is 36.5 Å². The first-order chi connectivity index (χ1) is 15.1. The number of hydrogen-bond acceptors (Lipinski definition) is 8. The van der Waals surface area contributed by atoms with E-state index in [0.29, 0.717) is 51.5 Å². The Bertz CT molecular complexity index is 870. The zero-order valence-corrected chi connectivity index (χ0v) is 18.1. The van der Waals surface area contributed by atoms with Gasteiger partial charge in [-0.1, -0.05) is 6.58 Å². The lowest BCUT2D eigenvalue weighted by Gasteiger charge is -2.41. The summed E-state index contributed by atoms with van der Waals surface area (Å²) in [6.07, 6.45) is 4.61. The second kappa shape index (κ2) is 9.62. The minimum Gasteiger partial charge on any atom is -0.462 e. The predicted octanol–water partition coefficient (Wildman–Crippen LogP) is 1.14. The van der Waals surface area contributed by atoms with Crippen molar-refractivity contribution in [2.45, 2.75) is 44.4 Å². The molecule has 0 radical (unpaired) electrons. The van der Waals surface area contributed by atoms with Crippen LogP contribution in [0.1, 0.15) is 30.5 Å². The van der Waals surface area contributed by atoms with E-state index in [1.807, 2.05) is 0 Å². The van der Waals surface area contributed by atoms with E-state index in [1.54, 1.807) is 4.90 Å². The van der Waals surface area contributed by atoms with E-state index in [4.69, 9.17) is 14.5 Å². The van der Waals surface area contributed by atoms with Crippen LogP contribution in [0.5, 0.6) is 6.01 Å². The van der Waals surface area contributed by atoms with Crippen molar-refractivity contribution in [2.75, 3.05) is 51.3 Å². The van der Waals surface area contributed by atoms with Crippen molar-refractivity contribution in [3.8, 4) is 12.1 Å². The Kier molecular flexibility index (Phi) is 6.68. The van der Waals surface area contributed by atoms with Crippen LogP contribution in [-0.2, 0) is 22.6 Å². The van der Waals surface area contributed by atoms with Gasteiger partial charge in [0, 0.05) is 37.7 Å². The lowest BCUT2D eigenvalue weighted by Crippen LogP contribution is -2.55. The fourth-order valence-corrected chi connectivity index (χ4v) is 4.61. The fraction of sp³-hybridized carbons (Fsp3) is 0.636. The number of likely N-dealkylation sites (N-methyl/N-ethyl adjacent to an activating group) is 1. The third kappa shape index (κ3) is 4.65. The Labute approximate surface area is 183 Å². The van der Waals surface area contributed by atoms with E-state index in [9.17, 15) is 10.1 Å². The van der Waals surface area contributed by atoms with Gasteiger partial charge in [0.15, 0.2) is 0 Å². The van der Waals surface area contributed by atoms with E-state index in [2.05, 4.69) is 34.5 Å². The highest BCUT2D eigenvalue weighted by molar-refractivity contribution is 5.87. The molecular weight excluding hydrogens is 396 g/mol. The minimum absolute atomic E-state index is 0.141. The number of fused-ring (bicyclic) bond motifs is 1. The summed E-state index contributed by atoms with van der Waals surface area (Å²) in [5.41, 5.74) is 1.95. The third-order valence-electron chi connectivity index (χ3n) is 6.42. The molecule has 0 N–H and O–H groups in total. The maximum Gasteiger partial charge on any atom is 0.318 e. The van der Waals surface area contributed by atoms with E-state index >= 15 is 0 Å². The molecule has 3 aliphatic rings. The fourth-order valence-electron chi connectivity index (χ4n) is 4.61. The Morgan fingerprint density at radius 3 is 2.97 bits per heavy atom. The van der Waals surface area contributed by atoms with Crippen LogP contribution in [0.2, 0.25) is 0 Å². The van der Waals surface area contributed by atoms with E-state index in [1.165, 1.54) is 12.5 Å². The number of carbonyl (C=O) groups is 1. The molecule has 0 spiro atoms. The maximum absolute atomic E-state index is 12.2. The summed E-state index contributed by atoms with van der Waals surface area (Å²) in [4.78, 5) is 27.9. The van der Waals surface area contributed by atoms with Gasteiger partial charge in [-0.2, -0.15) is 15.2 Å². The average molecular weight is 427 g/mol. The predicted molar refractivity (Wildman–Crippen MR) is 115 cm³/mol. The van der Waals surface area contributed by atoms with Crippen LogP contribution in [0.3, 0.4) is 0 Å². The molecule has 9 nitrogen and oxygen atoms in total. The molecule has 2 atom stereocenters. The largest absolute Gasteiger partial charge is 0.462 e. The summed E-state index contributed by atoms with van der Waals surface area (Å²) in [5, 5.41) is 9.28. The lowest BCUT2D eigenvalue weighted by molar-refractivity contribution is -0.128. The van der Waals surface area contributed by atoms with Gasteiger partial charge in [-0.25, -0.2) is 0 Å². The number of rotatable bonds is 6. The van der Waals surface area contributed by atoms with Crippen LogP contribution in [0.25, 0.3) is 0 Å². The molecule has 0 saturated carbocycles. The van der Waals surface area contributed by atoms with Crippen molar-refractivity contribution in [3.05, 3.63) is 23.9 Å². The summed E-state index contributed by atoms with van der Waals surface area (Å²) in [7, 11) is 2.12. The molecule has 31 heavy (non-hydrogen) atoms. The number of likely N-dealkylation sites (tertiary alicyclic amines) is 1. The van der Waals surface area contributed by atoms with Crippen molar-refractivity contribution in [1.82, 2.24) is 19.8 Å². The van der Waals surface area contributed by atoms with Gasteiger partial charge in [-0.05, 0) is 32.5 Å². The standard InChI is InChI=1S/C22H30N6O3/c1-3-20(29)28-11-10-27(13-16(28)6-8-23)21-18-15-30-12-7-19(18)24-22(25-21)31-14-17-5-4-9-26(17)2/h3,16-17H,1,4-7,9-15H2,2H3/t16-,17-/m0/s1. The molecular formula is C22H30N6O3. The topological polar surface area (TPSA) is 94.8 Å². The summed E-state index contributed by atoms with van der Waals surface area (Å²) >= 11 is 0. The van der Waals surface area contributed by atoms with Gasteiger partial charge in [0.25, 0.3) is 0 Å². The zero-order valence-electron chi connectivity index (χ0n) is 18.1. The average Bonchev–Trinajstić information content (AvgIpc) is 3.21. The summed E-state index contributed by atoms with van der Waals surface area (Å²) in [6, 6.07) is 2.78. The number of hydrogen-bond donors (Lipinski definition) is 0. The minimum atomic E-state index is -0.212. The first-order valence-corrected chi connectivity index (χ1v) is 11.0. The van der Waals surface area contributed by atoms with Crippen LogP contribution in [-0.4, -0.2) is 84.2 Å². The van der Waals surface area contributed by atoms with Crippen molar-refractivity contribution in [1.29, 1.82) is 5.26 Å². The Balaban J connectivity index is 1.57. The summed E-state index contributed by atoms with van der Waals surface area (Å²) in [5.74, 6) is 0.658. The molecule has 9 heteroatoms. The number of aromatic nitrogens is 2. The monoisotopic (exact) mass is 426 g/mol. The molecule has 0 bridgehead atoms. The molecule has 0 aromatic carbocycles.